The second-order valence-electron chi connectivity index (χ2n) is 5.28. The summed E-state index contributed by atoms with van der Waals surface area (Å²) in [5.74, 6) is 0. The van der Waals surface area contributed by atoms with Gasteiger partial charge in [-0.15, -0.1) is 10.2 Å². The second-order valence-corrected chi connectivity index (χ2v) is 5.28. The predicted molar refractivity (Wildman–Crippen MR) is 86.1 cm³/mol. The molecular weight excluding hydrogens is 306 g/mol. The standard InChI is InChI=1S/C18H15N3O3/c1-4-10-22-13(7-1)16-17(14-8-2-5-11-23-14)19-21-20-18(16)15-9-3-6-12-24-15/h1-15H. The van der Waals surface area contributed by atoms with Gasteiger partial charge in [0.15, 0.2) is 12.2 Å². The van der Waals surface area contributed by atoms with Gasteiger partial charge >= 0.3 is 0 Å². The van der Waals surface area contributed by atoms with E-state index in [1.54, 1.807) is 18.8 Å². The first kappa shape index (κ1) is 14.4. The van der Waals surface area contributed by atoms with Crippen LogP contribution < -0.4 is 0 Å². The van der Waals surface area contributed by atoms with Gasteiger partial charge in [-0.25, -0.2) is 0 Å². The van der Waals surface area contributed by atoms with Gasteiger partial charge in [-0.2, -0.15) is 0 Å². The summed E-state index contributed by atoms with van der Waals surface area (Å²) in [6, 6.07) is 0. The third-order valence-corrected chi connectivity index (χ3v) is 3.78. The van der Waals surface area contributed by atoms with Gasteiger partial charge in [-0.05, 0) is 41.7 Å². The van der Waals surface area contributed by atoms with Gasteiger partial charge in [0.2, 0.25) is 0 Å². The maximum Gasteiger partial charge on any atom is 0.161 e. The zero-order valence-electron chi connectivity index (χ0n) is 12.7. The fourth-order valence-electron chi connectivity index (χ4n) is 2.70. The maximum atomic E-state index is 5.76. The van der Waals surface area contributed by atoms with Crippen molar-refractivity contribution >= 4 is 0 Å². The van der Waals surface area contributed by atoms with E-state index in [1.165, 1.54) is 0 Å². The molecule has 0 aromatic carbocycles. The second kappa shape index (κ2) is 6.54. The van der Waals surface area contributed by atoms with Crippen molar-refractivity contribution in [3.63, 3.8) is 0 Å². The molecule has 0 aliphatic carbocycles. The molecule has 0 spiro atoms. The summed E-state index contributed by atoms with van der Waals surface area (Å²) < 4.78 is 17.1. The molecule has 0 saturated carbocycles. The van der Waals surface area contributed by atoms with Crippen LogP contribution in [0.5, 0.6) is 0 Å². The van der Waals surface area contributed by atoms with Crippen molar-refractivity contribution < 1.29 is 14.2 Å². The van der Waals surface area contributed by atoms with Crippen LogP contribution in [-0.4, -0.2) is 15.4 Å². The molecule has 6 heteroatoms. The lowest BCUT2D eigenvalue weighted by atomic mass is 9.97. The summed E-state index contributed by atoms with van der Waals surface area (Å²) in [5, 5.41) is 12.4. The molecule has 0 bridgehead atoms. The number of hydrogen-bond acceptors (Lipinski definition) is 6. The molecule has 0 saturated heterocycles. The molecule has 3 atom stereocenters. The first-order valence-corrected chi connectivity index (χ1v) is 7.63. The average molecular weight is 321 g/mol. The molecule has 0 N–H and O–H groups in total. The quantitative estimate of drug-likeness (QED) is 0.851. The van der Waals surface area contributed by atoms with Crippen molar-refractivity contribution in [3.8, 4) is 0 Å². The zero-order chi connectivity index (χ0) is 16.2. The molecule has 4 rings (SSSR count). The first-order chi connectivity index (χ1) is 11.9. The molecule has 0 amide bonds. The Labute approximate surface area is 139 Å². The van der Waals surface area contributed by atoms with Gasteiger partial charge in [0.25, 0.3) is 0 Å². The van der Waals surface area contributed by atoms with E-state index in [2.05, 4.69) is 15.4 Å². The fourth-order valence-corrected chi connectivity index (χ4v) is 2.70. The van der Waals surface area contributed by atoms with Crippen LogP contribution in [0, 0.1) is 0 Å². The zero-order valence-corrected chi connectivity index (χ0v) is 12.7. The van der Waals surface area contributed by atoms with Crippen LogP contribution in [-0.2, 0) is 14.2 Å². The van der Waals surface area contributed by atoms with Gasteiger partial charge < -0.3 is 14.2 Å². The highest BCUT2D eigenvalue weighted by Crippen LogP contribution is 2.36. The Morgan fingerprint density at radius 3 is 1.46 bits per heavy atom. The number of aromatic nitrogens is 3. The van der Waals surface area contributed by atoms with E-state index in [9.17, 15) is 0 Å². The highest BCUT2D eigenvalue weighted by Gasteiger charge is 2.30. The molecule has 120 valence electrons. The lowest BCUT2D eigenvalue weighted by molar-refractivity contribution is 0.147. The molecule has 24 heavy (non-hydrogen) atoms. The van der Waals surface area contributed by atoms with Crippen molar-refractivity contribution in [2.24, 2.45) is 0 Å². The van der Waals surface area contributed by atoms with Crippen LogP contribution in [0.3, 0.4) is 0 Å². The summed E-state index contributed by atoms with van der Waals surface area (Å²) in [4.78, 5) is 0. The van der Waals surface area contributed by atoms with Gasteiger partial charge in [-0.1, -0.05) is 18.2 Å². The topological polar surface area (TPSA) is 66.4 Å². The van der Waals surface area contributed by atoms with Crippen LogP contribution in [0.4, 0.5) is 0 Å². The van der Waals surface area contributed by atoms with Crippen molar-refractivity contribution in [3.05, 3.63) is 90.4 Å². The third-order valence-electron chi connectivity index (χ3n) is 3.78. The Morgan fingerprint density at radius 2 is 1.04 bits per heavy atom. The van der Waals surface area contributed by atoms with E-state index in [0.29, 0.717) is 11.4 Å². The fraction of sp³-hybridized carbons (Fsp3) is 0.167. The Kier molecular flexibility index (Phi) is 3.93. The van der Waals surface area contributed by atoms with Gasteiger partial charge in [0.1, 0.15) is 17.5 Å². The minimum Gasteiger partial charge on any atom is -0.489 e. The van der Waals surface area contributed by atoms with E-state index >= 15 is 0 Å². The monoisotopic (exact) mass is 321 g/mol. The summed E-state index contributed by atoms with van der Waals surface area (Å²) >= 11 is 0. The summed E-state index contributed by atoms with van der Waals surface area (Å²) in [5.41, 5.74) is 2.13. The van der Waals surface area contributed by atoms with E-state index in [-0.39, 0.29) is 18.3 Å². The summed E-state index contributed by atoms with van der Waals surface area (Å²) in [7, 11) is 0. The van der Waals surface area contributed by atoms with Gasteiger partial charge in [0, 0.05) is 0 Å². The minimum atomic E-state index is -0.342. The SMILES string of the molecule is C1=COC(c2nnnc(C3C=CC=CO3)c2C2C=CC=CO2)C=C1. The maximum absolute atomic E-state index is 5.76. The third kappa shape index (κ3) is 2.74. The van der Waals surface area contributed by atoms with Gasteiger partial charge in [0.05, 0.1) is 24.3 Å². The lowest BCUT2D eigenvalue weighted by Crippen LogP contribution is -2.19. The number of hydrogen-bond donors (Lipinski definition) is 0. The Balaban J connectivity index is 1.80. The number of ether oxygens (including phenoxy) is 3. The Hall–Kier alpha value is -3.15. The van der Waals surface area contributed by atoms with E-state index in [0.717, 1.165) is 5.56 Å². The molecule has 3 aliphatic rings. The highest BCUT2D eigenvalue weighted by molar-refractivity contribution is 5.38. The Morgan fingerprint density at radius 1 is 0.583 bits per heavy atom. The molecule has 3 unspecified atom stereocenters. The Bertz CT molecular complexity index is 744. The smallest absolute Gasteiger partial charge is 0.161 e. The average Bonchev–Trinajstić information content (AvgIpc) is 2.69. The highest BCUT2D eigenvalue weighted by atomic mass is 16.5. The number of rotatable bonds is 3. The largest absolute Gasteiger partial charge is 0.489 e. The molecule has 1 aromatic heterocycles. The summed E-state index contributed by atoms with van der Waals surface area (Å²) in [6.45, 7) is 0. The van der Waals surface area contributed by atoms with E-state index < -0.39 is 0 Å². The molecule has 1 aromatic rings. The first-order valence-electron chi connectivity index (χ1n) is 7.63. The van der Waals surface area contributed by atoms with Crippen LogP contribution >= 0.6 is 0 Å². The van der Waals surface area contributed by atoms with Crippen molar-refractivity contribution in [2.75, 3.05) is 0 Å². The molecule has 6 nitrogen and oxygen atoms in total. The molecule has 3 aliphatic heterocycles. The van der Waals surface area contributed by atoms with E-state index in [4.69, 9.17) is 14.2 Å². The molecule has 0 radical (unpaired) electrons. The van der Waals surface area contributed by atoms with Crippen molar-refractivity contribution in [1.29, 1.82) is 0 Å². The number of allylic oxidation sites excluding steroid dienone is 6. The van der Waals surface area contributed by atoms with Gasteiger partial charge in [-0.3, -0.25) is 0 Å². The van der Waals surface area contributed by atoms with Crippen molar-refractivity contribution in [2.45, 2.75) is 18.3 Å². The van der Waals surface area contributed by atoms with E-state index in [1.807, 2.05) is 54.7 Å². The van der Waals surface area contributed by atoms with Crippen molar-refractivity contribution in [1.82, 2.24) is 15.4 Å². The van der Waals surface area contributed by atoms with Crippen LogP contribution in [0.2, 0.25) is 0 Å². The lowest BCUT2D eigenvalue weighted by Gasteiger charge is -2.25. The summed E-state index contributed by atoms with van der Waals surface area (Å²) in [6.07, 6.45) is 20.9. The molecular formula is C18H15N3O3. The molecule has 4 heterocycles. The molecule has 0 fully saturated rings. The number of nitrogens with zero attached hydrogens (tertiary/aromatic N) is 3. The minimum absolute atomic E-state index is 0.325. The predicted octanol–water partition coefficient (Wildman–Crippen LogP) is 3.30. The van der Waals surface area contributed by atoms with Crippen LogP contribution in [0.1, 0.15) is 35.3 Å². The normalized spacial score (nSPS) is 26.8. The van der Waals surface area contributed by atoms with Crippen LogP contribution in [0.15, 0.2) is 73.5 Å². The van der Waals surface area contributed by atoms with Crippen LogP contribution in [0.25, 0.3) is 0 Å².